The summed E-state index contributed by atoms with van der Waals surface area (Å²) in [5.74, 6) is -0.306. The molecule has 1 atom stereocenters. The number of anilines is 2. The number of pyridine rings is 1. The number of nitrogens with one attached hydrogen (secondary N) is 1. The number of nitriles is 1. The molecule has 1 aliphatic rings. The lowest BCUT2D eigenvalue weighted by Crippen LogP contribution is -2.39. The van der Waals surface area contributed by atoms with Gasteiger partial charge in [0.15, 0.2) is 0 Å². The van der Waals surface area contributed by atoms with E-state index in [1.807, 2.05) is 6.07 Å². The summed E-state index contributed by atoms with van der Waals surface area (Å²) in [7, 11) is 0. The monoisotopic (exact) mass is 334 g/mol. The zero-order valence-corrected chi connectivity index (χ0v) is 14.4. The third kappa shape index (κ3) is 3.80. The zero-order chi connectivity index (χ0) is 17.6. The lowest BCUT2D eigenvalue weighted by Gasteiger charge is -2.37. The SMILES string of the molecule is CCC1CCCCN1c1ccc(C(=O)Nc2ccccc2C#N)nc1. The van der Waals surface area contributed by atoms with Crippen molar-refractivity contribution in [3.8, 4) is 6.07 Å². The molecule has 2 aromatic rings. The van der Waals surface area contributed by atoms with Crippen molar-refractivity contribution in [1.29, 1.82) is 5.26 Å². The number of hydrogen-bond acceptors (Lipinski definition) is 4. The van der Waals surface area contributed by atoms with E-state index in [9.17, 15) is 4.79 Å². The van der Waals surface area contributed by atoms with Gasteiger partial charge in [-0.25, -0.2) is 4.98 Å². The average molecular weight is 334 g/mol. The summed E-state index contributed by atoms with van der Waals surface area (Å²) in [6.45, 7) is 3.26. The average Bonchev–Trinajstić information content (AvgIpc) is 2.68. The van der Waals surface area contributed by atoms with Gasteiger partial charge in [-0.15, -0.1) is 0 Å². The number of nitrogens with zero attached hydrogens (tertiary/aromatic N) is 3. The molecule has 1 fully saturated rings. The molecule has 0 spiro atoms. The first kappa shape index (κ1) is 17.0. The number of carbonyl (C=O) groups excluding carboxylic acids is 1. The third-order valence-electron chi connectivity index (χ3n) is 4.71. The fourth-order valence-corrected chi connectivity index (χ4v) is 3.33. The highest BCUT2D eigenvalue weighted by Gasteiger charge is 2.21. The van der Waals surface area contributed by atoms with E-state index in [0.717, 1.165) is 18.7 Å². The van der Waals surface area contributed by atoms with E-state index in [1.165, 1.54) is 19.3 Å². The van der Waals surface area contributed by atoms with Gasteiger partial charge < -0.3 is 10.2 Å². The molecule has 1 N–H and O–H groups in total. The van der Waals surface area contributed by atoms with Gasteiger partial charge in [0, 0.05) is 12.6 Å². The van der Waals surface area contributed by atoms with Crippen LogP contribution < -0.4 is 10.2 Å². The second kappa shape index (κ2) is 7.80. The van der Waals surface area contributed by atoms with Gasteiger partial charge in [-0.05, 0) is 49.9 Å². The molecule has 25 heavy (non-hydrogen) atoms. The Morgan fingerprint density at radius 1 is 1.32 bits per heavy atom. The quantitative estimate of drug-likeness (QED) is 0.918. The standard InChI is InChI=1S/C20H22N4O/c1-2-16-8-5-6-12-24(16)17-10-11-19(22-14-17)20(25)23-18-9-4-3-7-15(18)13-21/h3-4,7,9-11,14,16H,2,5-6,8,12H2,1H3,(H,23,25). The molecule has 128 valence electrons. The van der Waals surface area contributed by atoms with Crippen LogP contribution in [0.1, 0.15) is 48.7 Å². The summed E-state index contributed by atoms with van der Waals surface area (Å²) >= 11 is 0. The van der Waals surface area contributed by atoms with Crippen molar-refractivity contribution in [2.75, 3.05) is 16.8 Å². The second-order valence-electron chi connectivity index (χ2n) is 6.26. The molecule has 0 aliphatic carbocycles. The van der Waals surface area contributed by atoms with Crippen molar-refractivity contribution in [2.24, 2.45) is 0 Å². The van der Waals surface area contributed by atoms with E-state index < -0.39 is 0 Å². The van der Waals surface area contributed by atoms with Crippen LogP contribution in [0.25, 0.3) is 0 Å². The van der Waals surface area contributed by atoms with Crippen LogP contribution in [0.2, 0.25) is 0 Å². The van der Waals surface area contributed by atoms with Crippen LogP contribution >= 0.6 is 0 Å². The van der Waals surface area contributed by atoms with E-state index in [-0.39, 0.29) is 5.91 Å². The van der Waals surface area contributed by atoms with E-state index in [0.29, 0.717) is 23.0 Å². The van der Waals surface area contributed by atoms with Crippen molar-refractivity contribution in [3.05, 3.63) is 53.9 Å². The molecule has 2 heterocycles. The molecule has 1 aromatic carbocycles. The Bertz CT molecular complexity index is 779. The highest BCUT2D eigenvalue weighted by Crippen LogP contribution is 2.26. The van der Waals surface area contributed by atoms with Crippen LogP contribution in [0.3, 0.4) is 0 Å². The second-order valence-corrected chi connectivity index (χ2v) is 6.26. The van der Waals surface area contributed by atoms with Crippen LogP contribution in [0, 0.1) is 11.3 Å². The number of para-hydroxylation sites is 1. The molecule has 0 bridgehead atoms. The van der Waals surface area contributed by atoms with E-state index in [1.54, 1.807) is 36.5 Å². The number of hydrogen-bond donors (Lipinski definition) is 1. The fraction of sp³-hybridized carbons (Fsp3) is 0.350. The lowest BCUT2D eigenvalue weighted by molar-refractivity contribution is 0.102. The van der Waals surface area contributed by atoms with Gasteiger partial charge in [-0.3, -0.25) is 4.79 Å². The van der Waals surface area contributed by atoms with Crippen LogP contribution in [0.5, 0.6) is 0 Å². The first-order chi connectivity index (χ1) is 12.2. The number of amides is 1. The van der Waals surface area contributed by atoms with Crippen molar-refractivity contribution in [3.63, 3.8) is 0 Å². The Hall–Kier alpha value is -2.87. The Labute approximate surface area is 148 Å². The molecule has 1 saturated heterocycles. The largest absolute Gasteiger partial charge is 0.367 e. The summed E-state index contributed by atoms with van der Waals surface area (Å²) < 4.78 is 0. The minimum atomic E-state index is -0.306. The first-order valence-electron chi connectivity index (χ1n) is 8.76. The Balaban J connectivity index is 1.73. The smallest absolute Gasteiger partial charge is 0.274 e. The van der Waals surface area contributed by atoms with Crippen LogP contribution in [-0.4, -0.2) is 23.5 Å². The lowest BCUT2D eigenvalue weighted by atomic mass is 9.99. The highest BCUT2D eigenvalue weighted by molar-refractivity contribution is 6.03. The van der Waals surface area contributed by atoms with Crippen molar-refractivity contribution in [1.82, 2.24) is 4.98 Å². The van der Waals surface area contributed by atoms with Gasteiger partial charge in [0.2, 0.25) is 0 Å². The summed E-state index contributed by atoms with van der Waals surface area (Å²) in [5, 5.41) is 11.9. The van der Waals surface area contributed by atoms with Gasteiger partial charge in [-0.1, -0.05) is 19.1 Å². The molecule has 5 nitrogen and oxygen atoms in total. The first-order valence-corrected chi connectivity index (χ1v) is 8.76. The predicted molar refractivity (Wildman–Crippen MR) is 98.6 cm³/mol. The van der Waals surface area contributed by atoms with E-state index >= 15 is 0 Å². The molecule has 1 unspecified atom stereocenters. The van der Waals surface area contributed by atoms with Gasteiger partial charge in [0.25, 0.3) is 5.91 Å². The van der Waals surface area contributed by atoms with Gasteiger partial charge in [-0.2, -0.15) is 5.26 Å². The van der Waals surface area contributed by atoms with Crippen LogP contribution in [-0.2, 0) is 0 Å². The van der Waals surface area contributed by atoms with E-state index in [2.05, 4.69) is 28.2 Å². The van der Waals surface area contributed by atoms with Crippen LogP contribution in [0.4, 0.5) is 11.4 Å². The molecule has 1 amide bonds. The topological polar surface area (TPSA) is 69.0 Å². The normalized spacial score (nSPS) is 17.0. The van der Waals surface area contributed by atoms with Gasteiger partial charge >= 0.3 is 0 Å². The molecule has 1 aliphatic heterocycles. The number of aromatic nitrogens is 1. The molecule has 1 aromatic heterocycles. The van der Waals surface area contributed by atoms with Crippen molar-refractivity contribution >= 4 is 17.3 Å². The Kier molecular flexibility index (Phi) is 5.30. The summed E-state index contributed by atoms with van der Waals surface area (Å²) in [6, 6.07) is 13.3. The minimum Gasteiger partial charge on any atom is -0.367 e. The number of piperidine rings is 1. The summed E-state index contributed by atoms with van der Waals surface area (Å²) in [6.07, 6.45) is 6.58. The molecular weight excluding hydrogens is 312 g/mol. The Morgan fingerprint density at radius 2 is 2.16 bits per heavy atom. The van der Waals surface area contributed by atoms with Crippen LogP contribution in [0.15, 0.2) is 42.6 Å². The number of carbonyl (C=O) groups is 1. The van der Waals surface area contributed by atoms with Crippen molar-refractivity contribution in [2.45, 2.75) is 38.6 Å². The number of benzene rings is 1. The molecule has 0 radical (unpaired) electrons. The minimum absolute atomic E-state index is 0.306. The zero-order valence-electron chi connectivity index (χ0n) is 14.4. The highest BCUT2D eigenvalue weighted by atomic mass is 16.1. The van der Waals surface area contributed by atoms with Crippen molar-refractivity contribution < 1.29 is 4.79 Å². The molecular formula is C20H22N4O. The maximum Gasteiger partial charge on any atom is 0.274 e. The summed E-state index contributed by atoms with van der Waals surface area (Å²) in [5.41, 5.74) is 2.36. The molecule has 3 rings (SSSR count). The van der Waals surface area contributed by atoms with Gasteiger partial charge in [0.05, 0.1) is 23.1 Å². The third-order valence-corrected chi connectivity index (χ3v) is 4.71. The molecule has 0 saturated carbocycles. The summed E-state index contributed by atoms with van der Waals surface area (Å²) in [4.78, 5) is 19.1. The number of rotatable bonds is 4. The maximum absolute atomic E-state index is 12.4. The van der Waals surface area contributed by atoms with Gasteiger partial charge in [0.1, 0.15) is 11.8 Å². The fourth-order valence-electron chi connectivity index (χ4n) is 3.33. The van der Waals surface area contributed by atoms with E-state index in [4.69, 9.17) is 5.26 Å². The maximum atomic E-state index is 12.4. The molecule has 5 heteroatoms. The predicted octanol–water partition coefficient (Wildman–Crippen LogP) is 3.97. The Morgan fingerprint density at radius 3 is 2.88 bits per heavy atom.